The first-order chi connectivity index (χ1) is 8.29. The third-order valence-electron chi connectivity index (χ3n) is 2.48. The van der Waals surface area contributed by atoms with Crippen LogP contribution in [0.5, 0.6) is 0 Å². The normalized spacial score (nSPS) is 11.8. The van der Waals surface area contributed by atoms with Gasteiger partial charge in [-0.1, -0.05) is 0 Å². The van der Waals surface area contributed by atoms with Crippen molar-refractivity contribution in [2.24, 2.45) is 7.05 Å². The van der Waals surface area contributed by atoms with Crippen LogP contribution in [0.3, 0.4) is 0 Å². The van der Waals surface area contributed by atoms with E-state index in [1.165, 1.54) is 17.8 Å². The van der Waals surface area contributed by atoms with Crippen LogP contribution in [0.15, 0.2) is 24.3 Å². The Balaban J connectivity index is 2.65. The van der Waals surface area contributed by atoms with Crippen molar-refractivity contribution in [2.75, 3.05) is 5.73 Å². The summed E-state index contributed by atoms with van der Waals surface area (Å²) >= 11 is 0. The Hall–Kier alpha value is -2.05. The maximum Gasteiger partial charge on any atom is 0.417 e. The molecule has 0 atom stereocenters. The van der Waals surface area contributed by atoms with Gasteiger partial charge in [0.1, 0.15) is 11.6 Å². The number of halogens is 4. The van der Waals surface area contributed by atoms with Crippen molar-refractivity contribution in [3.63, 3.8) is 0 Å². The van der Waals surface area contributed by atoms with Crippen LogP contribution in [0.25, 0.3) is 11.3 Å². The molecule has 18 heavy (non-hydrogen) atoms. The molecule has 1 aromatic heterocycles. The van der Waals surface area contributed by atoms with Crippen LogP contribution in [0.1, 0.15) is 5.56 Å². The maximum absolute atomic E-state index is 13.1. The van der Waals surface area contributed by atoms with E-state index in [-0.39, 0.29) is 17.1 Å². The minimum absolute atomic E-state index is 0.0122. The first-order valence-electron chi connectivity index (χ1n) is 4.95. The molecule has 2 rings (SSSR count). The zero-order valence-corrected chi connectivity index (χ0v) is 9.29. The van der Waals surface area contributed by atoms with Gasteiger partial charge in [0.15, 0.2) is 0 Å². The third kappa shape index (κ3) is 2.15. The second kappa shape index (κ2) is 4.01. The maximum atomic E-state index is 13.1. The fourth-order valence-corrected chi connectivity index (χ4v) is 1.59. The molecule has 0 spiro atoms. The van der Waals surface area contributed by atoms with Crippen molar-refractivity contribution < 1.29 is 17.6 Å². The van der Waals surface area contributed by atoms with Crippen molar-refractivity contribution in [2.45, 2.75) is 6.18 Å². The molecule has 1 aromatic carbocycles. The van der Waals surface area contributed by atoms with Gasteiger partial charge < -0.3 is 5.73 Å². The van der Waals surface area contributed by atoms with Crippen LogP contribution >= 0.6 is 0 Å². The minimum atomic E-state index is -4.57. The summed E-state index contributed by atoms with van der Waals surface area (Å²) in [6, 6.07) is 3.52. The molecule has 0 unspecified atom stereocenters. The van der Waals surface area contributed by atoms with E-state index in [0.29, 0.717) is 6.07 Å². The van der Waals surface area contributed by atoms with Crippen LogP contribution in [-0.2, 0) is 13.2 Å². The molecule has 1 heterocycles. The van der Waals surface area contributed by atoms with Crippen molar-refractivity contribution in [3.05, 3.63) is 35.6 Å². The summed E-state index contributed by atoms with van der Waals surface area (Å²) in [6.07, 6.45) is -4.57. The molecule has 0 aliphatic heterocycles. The smallest absolute Gasteiger partial charge is 0.384 e. The summed E-state index contributed by atoms with van der Waals surface area (Å²) in [6.45, 7) is 0. The molecule has 96 valence electrons. The monoisotopic (exact) mass is 259 g/mol. The molecule has 3 nitrogen and oxygen atoms in total. The highest BCUT2D eigenvalue weighted by Crippen LogP contribution is 2.37. The van der Waals surface area contributed by atoms with E-state index < -0.39 is 17.6 Å². The largest absolute Gasteiger partial charge is 0.417 e. The van der Waals surface area contributed by atoms with E-state index in [0.717, 1.165) is 12.1 Å². The second-order valence-corrected chi connectivity index (χ2v) is 3.77. The number of nitrogen functional groups attached to an aromatic ring is 1. The lowest BCUT2D eigenvalue weighted by Crippen LogP contribution is -2.07. The number of aromatic nitrogens is 2. The predicted octanol–water partition coefficient (Wildman–Crippen LogP) is 2.83. The highest BCUT2D eigenvalue weighted by molar-refractivity contribution is 5.67. The highest BCUT2D eigenvalue weighted by atomic mass is 19.4. The van der Waals surface area contributed by atoms with Crippen molar-refractivity contribution >= 4 is 5.82 Å². The molecule has 0 bridgehead atoms. The standard InChI is InChI=1S/C11H9F4N3/c1-18-10(16)5-9(17-18)7-4-6(12)2-3-8(7)11(13,14)15/h2-5H,16H2,1H3. The summed E-state index contributed by atoms with van der Waals surface area (Å²) in [7, 11) is 1.49. The Labute approximate surface area is 99.8 Å². The van der Waals surface area contributed by atoms with Gasteiger partial charge in [0, 0.05) is 18.7 Å². The van der Waals surface area contributed by atoms with Crippen LogP contribution in [0, 0.1) is 5.82 Å². The first-order valence-corrected chi connectivity index (χ1v) is 4.95. The van der Waals surface area contributed by atoms with E-state index >= 15 is 0 Å². The topological polar surface area (TPSA) is 43.8 Å². The van der Waals surface area contributed by atoms with Gasteiger partial charge in [-0.3, -0.25) is 4.68 Å². The SMILES string of the molecule is Cn1nc(-c2cc(F)ccc2C(F)(F)F)cc1N. The average molecular weight is 259 g/mol. The molecule has 0 amide bonds. The van der Waals surface area contributed by atoms with E-state index in [4.69, 9.17) is 5.73 Å². The van der Waals surface area contributed by atoms with Gasteiger partial charge in [-0.05, 0) is 18.2 Å². The van der Waals surface area contributed by atoms with Gasteiger partial charge in [0.2, 0.25) is 0 Å². The Morgan fingerprint density at radius 2 is 1.89 bits per heavy atom. The van der Waals surface area contributed by atoms with E-state index in [2.05, 4.69) is 5.10 Å². The quantitative estimate of drug-likeness (QED) is 0.800. The molecule has 0 saturated heterocycles. The van der Waals surface area contributed by atoms with Gasteiger partial charge in [0.05, 0.1) is 11.3 Å². The van der Waals surface area contributed by atoms with Gasteiger partial charge in [-0.2, -0.15) is 18.3 Å². The molecular weight excluding hydrogens is 250 g/mol. The summed E-state index contributed by atoms with van der Waals surface area (Å²) in [5, 5.41) is 3.82. The first kappa shape index (κ1) is 12.4. The van der Waals surface area contributed by atoms with Crippen molar-refractivity contribution in [3.8, 4) is 11.3 Å². The van der Waals surface area contributed by atoms with Crippen LogP contribution in [-0.4, -0.2) is 9.78 Å². The molecule has 2 aromatic rings. The summed E-state index contributed by atoms with van der Waals surface area (Å²) in [5.74, 6) is -0.565. The average Bonchev–Trinajstić information content (AvgIpc) is 2.57. The highest BCUT2D eigenvalue weighted by Gasteiger charge is 2.34. The van der Waals surface area contributed by atoms with Crippen molar-refractivity contribution in [1.29, 1.82) is 0 Å². The van der Waals surface area contributed by atoms with Crippen LogP contribution in [0.2, 0.25) is 0 Å². The Morgan fingerprint density at radius 3 is 2.39 bits per heavy atom. The molecular formula is C11H9F4N3. The van der Waals surface area contributed by atoms with Gasteiger partial charge in [0.25, 0.3) is 0 Å². The number of rotatable bonds is 1. The third-order valence-corrected chi connectivity index (χ3v) is 2.48. The van der Waals surface area contributed by atoms with Crippen LogP contribution < -0.4 is 5.73 Å². The summed E-state index contributed by atoms with van der Waals surface area (Å²) in [5.41, 5.74) is 4.22. The number of hydrogen-bond donors (Lipinski definition) is 1. The van der Waals surface area contributed by atoms with Gasteiger partial charge >= 0.3 is 6.18 Å². The predicted molar refractivity (Wildman–Crippen MR) is 58.0 cm³/mol. The summed E-state index contributed by atoms with van der Waals surface area (Å²) in [4.78, 5) is 0. The fourth-order valence-electron chi connectivity index (χ4n) is 1.59. The molecule has 0 fully saturated rings. The number of hydrogen-bond acceptors (Lipinski definition) is 2. The van der Waals surface area contributed by atoms with Crippen LogP contribution in [0.4, 0.5) is 23.4 Å². The fraction of sp³-hybridized carbons (Fsp3) is 0.182. The molecule has 0 aliphatic rings. The number of nitrogens with two attached hydrogens (primary N) is 1. The van der Waals surface area contributed by atoms with Crippen molar-refractivity contribution in [1.82, 2.24) is 9.78 Å². The molecule has 0 radical (unpaired) electrons. The van der Waals surface area contributed by atoms with E-state index in [1.807, 2.05) is 0 Å². The van der Waals surface area contributed by atoms with Gasteiger partial charge in [-0.15, -0.1) is 0 Å². The lowest BCUT2D eigenvalue weighted by atomic mass is 10.0. The molecule has 2 N–H and O–H groups in total. The Morgan fingerprint density at radius 1 is 1.22 bits per heavy atom. The summed E-state index contributed by atoms with van der Waals surface area (Å²) < 4.78 is 52.7. The van der Waals surface area contributed by atoms with E-state index in [1.54, 1.807) is 0 Å². The molecule has 0 aliphatic carbocycles. The minimum Gasteiger partial charge on any atom is -0.384 e. The number of alkyl halides is 3. The van der Waals surface area contributed by atoms with Gasteiger partial charge in [-0.25, -0.2) is 4.39 Å². The zero-order chi connectivity index (χ0) is 13.5. The lowest BCUT2D eigenvalue weighted by molar-refractivity contribution is -0.137. The van der Waals surface area contributed by atoms with E-state index in [9.17, 15) is 17.6 Å². The zero-order valence-electron chi connectivity index (χ0n) is 9.29. The lowest BCUT2D eigenvalue weighted by Gasteiger charge is -2.11. The molecule has 7 heteroatoms. The number of nitrogens with zero attached hydrogens (tertiary/aromatic N) is 2. The number of aryl methyl sites for hydroxylation is 1. The molecule has 0 saturated carbocycles. The Kier molecular flexibility index (Phi) is 2.76. The number of anilines is 1. The second-order valence-electron chi connectivity index (χ2n) is 3.77. The number of benzene rings is 1. The Bertz CT molecular complexity index is 567.